The number of hydrogen-bond donors (Lipinski definition) is 0. The van der Waals surface area contributed by atoms with E-state index in [2.05, 4.69) is 15.0 Å². The zero-order valence-electron chi connectivity index (χ0n) is 7.84. The molecular formula is C9H6N4OS. The van der Waals surface area contributed by atoms with Gasteiger partial charge in [-0.1, -0.05) is 0 Å². The van der Waals surface area contributed by atoms with Gasteiger partial charge in [0.05, 0.1) is 18.1 Å². The molecular weight excluding hydrogens is 212 g/mol. The summed E-state index contributed by atoms with van der Waals surface area (Å²) in [5.41, 5.74) is 1.11. The molecule has 0 aromatic carbocycles. The molecule has 2 aromatic heterocycles. The standard InChI is InChI=1S/C9H6N4OS/c1-6-5-14-9(13-6)15-8-4-11-7(2-10)3-12-8/h3-5H,1H3. The molecule has 2 aromatic rings. The highest BCUT2D eigenvalue weighted by atomic mass is 32.2. The number of nitrogens with zero attached hydrogens (tertiary/aromatic N) is 4. The Kier molecular flexibility index (Phi) is 2.65. The van der Waals surface area contributed by atoms with Crippen molar-refractivity contribution < 1.29 is 4.42 Å². The molecule has 0 saturated carbocycles. The second-order valence-corrected chi connectivity index (χ2v) is 3.68. The summed E-state index contributed by atoms with van der Waals surface area (Å²) in [4.78, 5) is 12.0. The SMILES string of the molecule is Cc1coc(Sc2cnc(C#N)cn2)n1. The van der Waals surface area contributed by atoms with E-state index >= 15 is 0 Å². The van der Waals surface area contributed by atoms with Crippen LogP contribution in [0.4, 0.5) is 0 Å². The third-order valence-electron chi connectivity index (χ3n) is 1.53. The number of hydrogen-bond acceptors (Lipinski definition) is 6. The van der Waals surface area contributed by atoms with E-state index in [9.17, 15) is 0 Å². The predicted molar refractivity (Wildman–Crippen MR) is 52.1 cm³/mol. The zero-order chi connectivity index (χ0) is 10.7. The Hall–Kier alpha value is -1.87. The molecule has 0 N–H and O–H groups in total. The number of aryl methyl sites for hydroxylation is 1. The first kappa shape index (κ1) is 9.68. The molecule has 0 bridgehead atoms. The normalized spacial score (nSPS) is 9.87. The van der Waals surface area contributed by atoms with Crippen LogP contribution in [0.25, 0.3) is 0 Å². The van der Waals surface area contributed by atoms with Crippen LogP contribution in [0.5, 0.6) is 0 Å². The smallest absolute Gasteiger partial charge is 0.262 e. The van der Waals surface area contributed by atoms with E-state index in [4.69, 9.17) is 9.68 Å². The Morgan fingerprint density at radius 3 is 2.80 bits per heavy atom. The van der Waals surface area contributed by atoms with Gasteiger partial charge in [0, 0.05) is 0 Å². The summed E-state index contributed by atoms with van der Waals surface area (Å²) >= 11 is 1.27. The van der Waals surface area contributed by atoms with Crippen molar-refractivity contribution in [3.8, 4) is 6.07 Å². The lowest BCUT2D eigenvalue weighted by molar-refractivity contribution is 0.453. The highest BCUT2D eigenvalue weighted by Crippen LogP contribution is 2.23. The molecule has 5 nitrogen and oxygen atoms in total. The molecule has 0 fully saturated rings. The van der Waals surface area contributed by atoms with Crippen molar-refractivity contribution in [2.45, 2.75) is 17.2 Å². The topological polar surface area (TPSA) is 75.6 Å². The van der Waals surface area contributed by atoms with Gasteiger partial charge in [-0.2, -0.15) is 5.26 Å². The number of rotatable bonds is 2. The lowest BCUT2D eigenvalue weighted by atomic mass is 10.5. The summed E-state index contributed by atoms with van der Waals surface area (Å²) in [7, 11) is 0. The molecule has 6 heteroatoms. The van der Waals surface area contributed by atoms with Crippen LogP contribution < -0.4 is 0 Å². The van der Waals surface area contributed by atoms with Gasteiger partial charge in [0.2, 0.25) is 0 Å². The molecule has 15 heavy (non-hydrogen) atoms. The first-order chi connectivity index (χ1) is 7.28. The van der Waals surface area contributed by atoms with Crippen LogP contribution in [0.3, 0.4) is 0 Å². The van der Waals surface area contributed by atoms with Crippen LogP contribution in [-0.4, -0.2) is 15.0 Å². The maximum atomic E-state index is 8.53. The van der Waals surface area contributed by atoms with Crippen LogP contribution >= 0.6 is 11.8 Å². The lowest BCUT2D eigenvalue weighted by Gasteiger charge is -1.94. The fourth-order valence-corrected chi connectivity index (χ4v) is 1.57. The summed E-state index contributed by atoms with van der Waals surface area (Å²) in [5, 5.41) is 9.70. The van der Waals surface area contributed by atoms with E-state index in [1.165, 1.54) is 24.2 Å². The van der Waals surface area contributed by atoms with Crippen molar-refractivity contribution in [2.75, 3.05) is 0 Å². The second kappa shape index (κ2) is 4.11. The van der Waals surface area contributed by atoms with Crippen molar-refractivity contribution in [3.63, 3.8) is 0 Å². The number of oxazole rings is 1. The van der Waals surface area contributed by atoms with Gasteiger partial charge in [0.25, 0.3) is 5.22 Å². The van der Waals surface area contributed by atoms with E-state index in [0.29, 0.717) is 15.9 Å². The van der Waals surface area contributed by atoms with Gasteiger partial charge in [-0.25, -0.2) is 15.0 Å². The first-order valence-corrected chi connectivity index (χ1v) is 4.92. The average Bonchev–Trinajstić information content (AvgIpc) is 2.65. The lowest BCUT2D eigenvalue weighted by Crippen LogP contribution is -1.86. The molecule has 0 aliphatic rings. The first-order valence-electron chi connectivity index (χ1n) is 4.10. The Morgan fingerprint density at radius 1 is 1.40 bits per heavy atom. The van der Waals surface area contributed by atoms with Crippen LogP contribution in [0.15, 0.2) is 33.3 Å². The molecule has 0 radical (unpaired) electrons. The Bertz CT molecular complexity index is 500. The quantitative estimate of drug-likeness (QED) is 0.765. The molecule has 0 spiro atoms. The van der Waals surface area contributed by atoms with Gasteiger partial charge in [0.15, 0.2) is 5.69 Å². The Balaban J connectivity index is 2.15. The summed E-state index contributed by atoms with van der Waals surface area (Å²) in [5.74, 6) is 0. The summed E-state index contributed by atoms with van der Waals surface area (Å²) in [6.07, 6.45) is 4.50. The maximum Gasteiger partial charge on any atom is 0.262 e. The van der Waals surface area contributed by atoms with E-state index in [1.807, 2.05) is 13.0 Å². The van der Waals surface area contributed by atoms with Crippen molar-refractivity contribution in [1.82, 2.24) is 15.0 Å². The fraction of sp³-hybridized carbons (Fsp3) is 0.111. The van der Waals surface area contributed by atoms with Gasteiger partial charge >= 0.3 is 0 Å². The molecule has 74 valence electrons. The zero-order valence-corrected chi connectivity index (χ0v) is 8.65. The van der Waals surface area contributed by atoms with Crippen molar-refractivity contribution in [2.24, 2.45) is 0 Å². The molecule has 0 aliphatic heterocycles. The van der Waals surface area contributed by atoms with Crippen LogP contribution in [0.1, 0.15) is 11.4 Å². The van der Waals surface area contributed by atoms with Crippen LogP contribution in [0, 0.1) is 18.3 Å². The summed E-state index contributed by atoms with van der Waals surface area (Å²) < 4.78 is 5.14. The van der Waals surface area contributed by atoms with Crippen molar-refractivity contribution in [1.29, 1.82) is 5.26 Å². The third-order valence-corrected chi connectivity index (χ3v) is 2.31. The minimum absolute atomic E-state index is 0.294. The third kappa shape index (κ3) is 2.33. The van der Waals surface area contributed by atoms with Gasteiger partial charge in [0.1, 0.15) is 17.4 Å². The molecule has 0 saturated heterocycles. The molecule has 0 aliphatic carbocycles. The van der Waals surface area contributed by atoms with Crippen molar-refractivity contribution in [3.05, 3.63) is 30.0 Å². The molecule has 0 unspecified atom stereocenters. The average molecular weight is 218 g/mol. The van der Waals surface area contributed by atoms with Crippen molar-refractivity contribution >= 4 is 11.8 Å². The van der Waals surface area contributed by atoms with Gasteiger partial charge in [-0.15, -0.1) is 0 Å². The predicted octanol–water partition coefficient (Wildman–Crippen LogP) is 1.80. The van der Waals surface area contributed by atoms with E-state index < -0.39 is 0 Å². The van der Waals surface area contributed by atoms with Gasteiger partial charge in [-0.05, 0) is 18.7 Å². The second-order valence-electron chi connectivity index (χ2n) is 2.71. The Morgan fingerprint density at radius 2 is 2.27 bits per heavy atom. The molecule has 2 rings (SSSR count). The highest BCUT2D eigenvalue weighted by molar-refractivity contribution is 7.99. The van der Waals surface area contributed by atoms with E-state index in [0.717, 1.165) is 5.69 Å². The fourth-order valence-electron chi connectivity index (χ4n) is 0.895. The largest absolute Gasteiger partial charge is 0.439 e. The summed E-state index contributed by atoms with van der Waals surface area (Å²) in [6, 6.07) is 1.90. The molecule has 2 heterocycles. The Labute approximate surface area is 90.2 Å². The maximum absolute atomic E-state index is 8.53. The highest BCUT2D eigenvalue weighted by Gasteiger charge is 2.05. The number of aromatic nitrogens is 3. The van der Waals surface area contributed by atoms with Crippen LogP contribution in [-0.2, 0) is 0 Å². The molecule has 0 amide bonds. The van der Waals surface area contributed by atoms with E-state index in [1.54, 1.807) is 6.26 Å². The monoisotopic (exact) mass is 218 g/mol. The van der Waals surface area contributed by atoms with Crippen LogP contribution in [0.2, 0.25) is 0 Å². The minimum atomic E-state index is 0.294. The summed E-state index contributed by atoms with van der Waals surface area (Å²) in [6.45, 7) is 1.85. The van der Waals surface area contributed by atoms with E-state index in [-0.39, 0.29) is 0 Å². The molecule has 0 atom stereocenters. The minimum Gasteiger partial charge on any atom is -0.439 e. The van der Waals surface area contributed by atoms with Gasteiger partial charge < -0.3 is 4.42 Å². The number of nitriles is 1. The van der Waals surface area contributed by atoms with Gasteiger partial charge in [-0.3, -0.25) is 0 Å².